The second-order valence-corrected chi connectivity index (χ2v) is 19.5. The first-order chi connectivity index (χ1) is 38.3. The predicted octanol–water partition coefficient (Wildman–Crippen LogP) is -11.9. The lowest BCUT2D eigenvalue weighted by Gasteiger charge is -2.30. The van der Waals surface area contributed by atoms with Gasteiger partial charge in [0.1, 0.15) is 0 Å². The Morgan fingerprint density at radius 3 is 0.846 bits per heavy atom. The van der Waals surface area contributed by atoms with E-state index in [1.165, 1.54) is 45.8 Å². The second kappa shape index (κ2) is 66.7. The monoisotopic (exact) mass is 1130 g/mol. The Labute approximate surface area is 476 Å². The van der Waals surface area contributed by atoms with Crippen LogP contribution >= 0.6 is 0 Å². The summed E-state index contributed by atoms with van der Waals surface area (Å²) in [6, 6.07) is 0. The van der Waals surface area contributed by atoms with Crippen molar-refractivity contribution in [3.8, 4) is 0 Å². The first kappa shape index (κ1) is 78.9. The Morgan fingerprint density at radius 1 is 0.282 bits per heavy atom. The zero-order valence-corrected chi connectivity index (χ0v) is 49.8. The predicted molar refractivity (Wildman–Crippen MR) is 334 cm³/mol. The zero-order chi connectivity index (χ0) is 57.5. The van der Waals surface area contributed by atoms with Crippen LogP contribution in [0.25, 0.3) is 0 Å². The van der Waals surface area contributed by atoms with E-state index in [4.69, 9.17) is 63.1 Å². The largest absolute Gasteiger partial charge is 0.329 e. The van der Waals surface area contributed by atoms with Gasteiger partial charge in [-0.2, -0.15) is 0 Å². The highest BCUT2D eigenvalue weighted by Crippen LogP contribution is 1.95. The summed E-state index contributed by atoms with van der Waals surface area (Å²) < 4.78 is 0. The van der Waals surface area contributed by atoms with Gasteiger partial charge in [-0.3, -0.25) is 29.4 Å². The normalized spacial score (nSPS) is 16.5. The molecule has 0 aromatic carbocycles. The van der Waals surface area contributed by atoms with Gasteiger partial charge in [0.25, 0.3) is 0 Å². The molecule has 4 aliphatic rings. The summed E-state index contributed by atoms with van der Waals surface area (Å²) >= 11 is 0. The van der Waals surface area contributed by atoms with E-state index >= 15 is 0 Å². The quantitative estimate of drug-likeness (QED) is 0.0200. The van der Waals surface area contributed by atoms with E-state index in [0.717, 1.165) is 242 Å². The second-order valence-electron chi connectivity index (χ2n) is 19.5. The molecule has 0 aliphatic carbocycles. The fourth-order valence-electron chi connectivity index (χ4n) is 8.31. The summed E-state index contributed by atoms with van der Waals surface area (Å²) in [5.41, 5.74) is 59.7. The molecule has 0 bridgehead atoms. The van der Waals surface area contributed by atoms with Gasteiger partial charge >= 0.3 is 0 Å². The molecule has 33 N–H and O–H groups in total. The lowest BCUT2D eigenvalue weighted by molar-refractivity contribution is 0.193. The van der Waals surface area contributed by atoms with Crippen molar-refractivity contribution in [2.24, 2.45) is 63.1 Å². The van der Waals surface area contributed by atoms with E-state index in [2.05, 4.69) is 87.9 Å². The van der Waals surface area contributed by atoms with Crippen LogP contribution in [0.4, 0.5) is 0 Å². The van der Waals surface area contributed by atoms with Gasteiger partial charge in [0.05, 0.1) is 6.17 Å². The van der Waals surface area contributed by atoms with Crippen molar-refractivity contribution in [3.63, 3.8) is 0 Å². The topological polar surface area (TPSA) is 438 Å². The van der Waals surface area contributed by atoms with E-state index in [9.17, 15) is 0 Å². The van der Waals surface area contributed by atoms with Crippen LogP contribution in [0.3, 0.4) is 0 Å². The minimum atomic E-state index is -0.182. The van der Waals surface area contributed by atoms with E-state index < -0.39 is 0 Å². The van der Waals surface area contributed by atoms with Gasteiger partial charge in [-0.15, -0.1) is 0 Å². The fourth-order valence-corrected chi connectivity index (χ4v) is 8.31. The number of rotatable bonds is 41. The lowest BCUT2D eigenvalue weighted by Crippen LogP contribution is -2.50. The van der Waals surface area contributed by atoms with Crippen LogP contribution in [0, 0.1) is 0 Å². The first-order valence-electron chi connectivity index (χ1n) is 30.2. The van der Waals surface area contributed by atoms with Crippen molar-refractivity contribution < 1.29 is 0 Å². The molecule has 472 valence electrons. The average molecular weight is 1130 g/mol. The number of nitrogens with zero attached hydrogens (tertiary/aromatic N) is 6. The highest BCUT2D eigenvalue weighted by molar-refractivity contribution is 4.73. The van der Waals surface area contributed by atoms with Gasteiger partial charge in [-0.05, 0) is 0 Å². The number of piperazine rings is 4. The van der Waals surface area contributed by atoms with Crippen molar-refractivity contribution in [3.05, 3.63) is 0 Å². The molecular formula is C50H132N28. The van der Waals surface area contributed by atoms with Crippen molar-refractivity contribution in [2.75, 3.05) is 321 Å². The van der Waals surface area contributed by atoms with Gasteiger partial charge in [0.15, 0.2) is 0 Å². The van der Waals surface area contributed by atoms with Gasteiger partial charge in [0, 0.05) is 321 Å². The highest BCUT2D eigenvalue weighted by Gasteiger charge is 2.13. The molecule has 0 unspecified atom stereocenters. The third-order valence-electron chi connectivity index (χ3n) is 12.7. The van der Waals surface area contributed by atoms with Crippen LogP contribution in [0.1, 0.15) is 0 Å². The minimum absolute atomic E-state index is 0.182. The highest BCUT2D eigenvalue weighted by atomic mass is 15.2. The van der Waals surface area contributed by atoms with Gasteiger partial charge in [0.2, 0.25) is 0 Å². The summed E-state index contributed by atoms with van der Waals surface area (Å²) in [6.45, 7) is 48.3. The summed E-state index contributed by atoms with van der Waals surface area (Å²) in [4.78, 5) is 14.3. The molecule has 0 amide bonds. The summed E-state index contributed by atoms with van der Waals surface area (Å²) in [6.07, 6.45) is -0.182. The Bertz CT molecular complexity index is 1050. The molecule has 4 rings (SSSR count). The Morgan fingerprint density at radius 2 is 0.538 bits per heavy atom. The van der Waals surface area contributed by atoms with Gasteiger partial charge < -0.3 is 122 Å². The van der Waals surface area contributed by atoms with E-state index in [-0.39, 0.29) is 6.17 Å². The maximum atomic E-state index is 5.56. The van der Waals surface area contributed by atoms with Crippen molar-refractivity contribution >= 4 is 0 Å². The van der Waals surface area contributed by atoms with Crippen molar-refractivity contribution in [2.45, 2.75) is 6.17 Å². The van der Waals surface area contributed by atoms with E-state index in [0.29, 0.717) is 32.7 Å². The maximum absolute atomic E-state index is 5.56. The Balaban J connectivity index is 0. The molecule has 4 heterocycles. The SMILES string of the molecule is NC(N)CN1CCNCC1.NCCN(CCN)CCN1CCNCC1.NCCNCCN(CCN)CCN.NCCNCCN1CCNCC1.NCCNCCNCCN1CCNCC1.NCCNCCNCCNCCN. The molecule has 0 atom stereocenters. The Kier molecular flexibility index (Phi) is 67.5. The van der Waals surface area contributed by atoms with E-state index in [1.54, 1.807) is 0 Å². The molecule has 0 radical (unpaired) electrons. The standard InChI is InChI=1S/2C10H25N5.2C8H23N5.C8H20N4.C6H16N4/c11-1-5-14(6-2-12)9-10-15-7-3-13-4-8-15;11-1-2-12-3-4-13-5-8-15-9-6-14-7-10-15;9-1-4-12-5-8-13(6-2-10)7-3-11;9-1-3-11-5-7-13-8-6-12-4-2-10;9-1-2-10-3-6-12-7-4-11-5-8-12;7-6(8)5-10-3-1-9-2-4-10/h13H,1-12H2;12-14H,1-11H2;12H,1-11H2;11-13H,1-10H2;10-11H,1-9H2;6,9H,1-5,7-8H2. The van der Waals surface area contributed by atoms with Crippen LogP contribution in [0.5, 0.6) is 0 Å². The maximum Gasteiger partial charge on any atom is 0.0652 e. The molecule has 28 heteroatoms. The van der Waals surface area contributed by atoms with Crippen LogP contribution in [-0.4, -0.2) is 356 Å². The van der Waals surface area contributed by atoms with Crippen LogP contribution < -0.4 is 122 Å². The minimum Gasteiger partial charge on any atom is -0.329 e. The number of nitrogens with two attached hydrogens (primary N) is 11. The summed E-state index contributed by atoms with van der Waals surface area (Å²) in [5.74, 6) is 0. The van der Waals surface area contributed by atoms with E-state index in [1.807, 2.05) is 0 Å². The number of nitrogens with one attached hydrogen (secondary N) is 11. The van der Waals surface area contributed by atoms with Gasteiger partial charge in [-0.1, -0.05) is 0 Å². The smallest absolute Gasteiger partial charge is 0.0652 e. The first-order valence-corrected chi connectivity index (χ1v) is 30.2. The van der Waals surface area contributed by atoms with Gasteiger partial charge in [-0.25, -0.2) is 0 Å². The molecule has 0 spiro atoms. The molecule has 28 nitrogen and oxygen atoms in total. The third-order valence-corrected chi connectivity index (χ3v) is 12.7. The molecule has 0 saturated carbocycles. The zero-order valence-electron chi connectivity index (χ0n) is 49.8. The summed E-state index contributed by atoms with van der Waals surface area (Å²) in [5, 5.41) is 36.2. The summed E-state index contributed by atoms with van der Waals surface area (Å²) in [7, 11) is 0. The number of hydrogen-bond acceptors (Lipinski definition) is 28. The molecule has 0 aromatic rings. The Hall–Kier alpha value is -1.12. The van der Waals surface area contributed by atoms with Crippen molar-refractivity contribution in [1.29, 1.82) is 0 Å². The molecule has 4 fully saturated rings. The molecule has 4 aliphatic heterocycles. The van der Waals surface area contributed by atoms with Crippen LogP contribution in [0.15, 0.2) is 0 Å². The molecule has 78 heavy (non-hydrogen) atoms. The molecule has 4 saturated heterocycles. The van der Waals surface area contributed by atoms with Crippen molar-refractivity contribution in [1.82, 2.24) is 87.9 Å². The van der Waals surface area contributed by atoms with Crippen LogP contribution in [0.2, 0.25) is 0 Å². The average Bonchev–Trinajstić information content (AvgIpc) is 3.46. The lowest BCUT2D eigenvalue weighted by atomic mass is 10.3. The van der Waals surface area contributed by atoms with Crippen LogP contribution in [-0.2, 0) is 0 Å². The molecule has 0 aromatic heterocycles. The number of hydrogen-bond donors (Lipinski definition) is 22. The third kappa shape index (κ3) is 59.5. The fraction of sp³-hybridized carbons (Fsp3) is 1.00. The molecular weight excluding hydrogens is 993 g/mol.